The molecule has 0 amide bonds. The van der Waals surface area contributed by atoms with Crippen molar-refractivity contribution in [1.82, 2.24) is 0 Å². The highest BCUT2D eigenvalue weighted by Gasteiger charge is 2.39. The third-order valence-corrected chi connectivity index (χ3v) is 3.81. The molecule has 0 radical (unpaired) electrons. The van der Waals surface area contributed by atoms with Crippen LogP contribution in [0.15, 0.2) is 18.2 Å². The maximum absolute atomic E-state index is 14.1. The molecule has 19 heavy (non-hydrogen) atoms. The maximum Gasteiger partial charge on any atom is 0.132 e. The molecule has 2 rings (SSSR count). The van der Waals surface area contributed by atoms with Crippen LogP contribution >= 0.6 is 0 Å². The summed E-state index contributed by atoms with van der Waals surface area (Å²) in [7, 11) is 1.49. The summed E-state index contributed by atoms with van der Waals surface area (Å²) in [5.41, 5.74) is -0.814. The third kappa shape index (κ3) is 2.90. The molecule has 0 saturated carbocycles. The molecular formula is C15H21FO3. The minimum absolute atomic E-state index is 0.0414. The van der Waals surface area contributed by atoms with Crippen LogP contribution in [0.1, 0.15) is 32.3 Å². The monoisotopic (exact) mass is 268 g/mol. The lowest BCUT2D eigenvalue weighted by atomic mass is 9.81. The highest BCUT2D eigenvalue weighted by atomic mass is 19.1. The van der Waals surface area contributed by atoms with Gasteiger partial charge in [0.1, 0.15) is 11.6 Å². The predicted molar refractivity (Wildman–Crippen MR) is 70.7 cm³/mol. The van der Waals surface area contributed by atoms with Crippen molar-refractivity contribution < 1.29 is 19.0 Å². The van der Waals surface area contributed by atoms with E-state index < -0.39 is 11.4 Å². The summed E-state index contributed by atoms with van der Waals surface area (Å²) in [4.78, 5) is 0. The number of ether oxygens (including phenoxy) is 2. The fourth-order valence-corrected chi connectivity index (χ4v) is 2.55. The molecule has 1 N–H and O–H groups in total. The Morgan fingerprint density at radius 3 is 2.79 bits per heavy atom. The average molecular weight is 268 g/mol. The summed E-state index contributed by atoms with van der Waals surface area (Å²) in [5.74, 6) is 0.330. The van der Waals surface area contributed by atoms with Crippen LogP contribution in [0, 0.1) is 11.7 Å². The zero-order chi connectivity index (χ0) is 14.0. The molecule has 1 aromatic rings. The zero-order valence-corrected chi connectivity index (χ0v) is 11.6. The van der Waals surface area contributed by atoms with Gasteiger partial charge in [-0.3, -0.25) is 0 Å². The average Bonchev–Trinajstić information content (AvgIpc) is 2.38. The second-order valence-electron chi connectivity index (χ2n) is 5.48. The molecule has 1 aromatic carbocycles. The Morgan fingerprint density at radius 2 is 2.21 bits per heavy atom. The van der Waals surface area contributed by atoms with Crippen LogP contribution in [-0.4, -0.2) is 24.9 Å². The Kier molecular flexibility index (Phi) is 4.11. The highest BCUT2D eigenvalue weighted by Crippen LogP contribution is 2.38. The summed E-state index contributed by atoms with van der Waals surface area (Å²) >= 11 is 0. The summed E-state index contributed by atoms with van der Waals surface area (Å²) < 4.78 is 24.7. The Labute approximate surface area is 113 Å². The second kappa shape index (κ2) is 5.47. The molecule has 3 nitrogen and oxygen atoms in total. The lowest BCUT2D eigenvalue weighted by Gasteiger charge is -2.39. The number of aliphatic hydroxyl groups is 1. The molecule has 1 aliphatic heterocycles. The summed E-state index contributed by atoms with van der Waals surface area (Å²) in [6.45, 7) is 4.53. The van der Waals surface area contributed by atoms with E-state index in [1.54, 1.807) is 12.1 Å². The first-order valence-corrected chi connectivity index (χ1v) is 6.64. The van der Waals surface area contributed by atoms with Gasteiger partial charge in [0.2, 0.25) is 0 Å². The molecule has 1 saturated heterocycles. The SMILES string of the molecule is COc1ccc(C2(O)CCOC(C(C)C)C2)c(F)c1. The lowest BCUT2D eigenvalue weighted by molar-refractivity contribution is -0.122. The zero-order valence-electron chi connectivity index (χ0n) is 11.6. The van der Waals surface area contributed by atoms with E-state index in [1.165, 1.54) is 13.2 Å². The Morgan fingerprint density at radius 1 is 1.47 bits per heavy atom. The lowest BCUT2D eigenvalue weighted by Crippen LogP contribution is -2.41. The van der Waals surface area contributed by atoms with Crippen molar-refractivity contribution in [3.05, 3.63) is 29.6 Å². The fraction of sp³-hybridized carbons (Fsp3) is 0.600. The molecule has 1 heterocycles. The molecule has 1 aliphatic rings. The molecule has 0 spiro atoms. The quantitative estimate of drug-likeness (QED) is 0.916. The molecule has 1 fully saturated rings. The maximum atomic E-state index is 14.1. The summed E-state index contributed by atoms with van der Waals surface area (Å²) in [6, 6.07) is 4.60. The standard InChI is InChI=1S/C15H21FO3/c1-10(2)14-9-15(17,6-7-19-14)12-5-4-11(18-3)8-13(12)16/h4-5,8,10,14,17H,6-7,9H2,1-3H3. The van der Waals surface area contributed by atoms with Crippen molar-refractivity contribution in [3.8, 4) is 5.75 Å². The smallest absolute Gasteiger partial charge is 0.132 e. The topological polar surface area (TPSA) is 38.7 Å². The van der Waals surface area contributed by atoms with Crippen LogP contribution in [0.5, 0.6) is 5.75 Å². The number of hydrogen-bond acceptors (Lipinski definition) is 3. The molecule has 4 heteroatoms. The number of benzene rings is 1. The van der Waals surface area contributed by atoms with Crippen molar-refractivity contribution in [2.45, 2.75) is 38.4 Å². The molecular weight excluding hydrogens is 247 g/mol. The van der Waals surface area contributed by atoms with Gasteiger partial charge in [0.25, 0.3) is 0 Å². The van der Waals surface area contributed by atoms with Crippen LogP contribution in [0.2, 0.25) is 0 Å². The molecule has 0 aliphatic carbocycles. The van der Waals surface area contributed by atoms with E-state index in [1.807, 2.05) is 13.8 Å². The van der Waals surface area contributed by atoms with Crippen LogP contribution < -0.4 is 4.74 Å². The first-order valence-electron chi connectivity index (χ1n) is 6.64. The van der Waals surface area contributed by atoms with Crippen molar-refractivity contribution in [2.75, 3.05) is 13.7 Å². The van der Waals surface area contributed by atoms with E-state index in [-0.39, 0.29) is 6.10 Å². The molecule has 0 aromatic heterocycles. The minimum atomic E-state index is -1.15. The van der Waals surface area contributed by atoms with Gasteiger partial charge in [0.05, 0.1) is 25.4 Å². The van der Waals surface area contributed by atoms with Crippen LogP contribution in [-0.2, 0) is 10.3 Å². The van der Waals surface area contributed by atoms with E-state index in [4.69, 9.17) is 9.47 Å². The van der Waals surface area contributed by atoms with Crippen molar-refractivity contribution >= 4 is 0 Å². The Balaban J connectivity index is 2.28. The van der Waals surface area contributed by atoms with Gasteiger partial charge in [0, 0.05) is 24.5 Å². The number of halogens is 1. The number of methoxy groups -OCH3 is 1. The molecule has 2 unspecified atom stereocenters. The van der Waals surface area contributed by atoms with E-state index in [0.29, 0.717) is 36.7 Å². The van der Waals surface area contributed by atoms with E-state index in [9.17, 15) is 9.50 Å². The van der Waals surface area contributed by atoms with Crippen LogP contribution in [0.25, 0.3) is 0 Å². The molecule has 0 bridgehead atoms. The second-order valence-corrected chi connectivity index (χ2v) is 5.48. The van der Waals surface area contributed by atoms with E-state index in [2.05, 4.69) is 0 Å². The molecule has 106 valence electrons. The van der Waals surface area contributed by atoms with E-state index >= 15 is 0 Å². The summed E-state index contributed by atoms with van der Waals surface area (Å²) in [6.07, 6.45) is 0.799. The van der Waals surface area contributed by atoms with Crippen LogP contribution in [0.3, 0.4) is 0 Å². The first-order chi connectivity index (χ1) is 8.96. The normalized spacial score (nSPS) is 27.6. The Hall–Kier alpha value is -1.13. The van der Waals surface area contributed by atoms with Crippen LogP contribution in [0.4, 0.5) is 4.39 Å². The van der Waals surface area contributed by atoms with Gasteiger partial charge in [-0.05, 0) is 18.1 Å². The fourth-order valence-electron chi connectivity index (χ4n) is 2.55. The first kappa shape index (κ1) is 14.3. The van der Waals surface area contributed by atoms with Gasteiger partial charge in [-0.15, -0.1) is 0 Å². The predicted octanol–water partition coefficient (Wildman–Crippen LogP) is 2.86. The summed E-state index contributed by atoms with van der Waals surface area (Å²) in [5, 5.41) is 10.7. The van der Waals surface area contributed by atoms with Gasteiger partial charge in [0.15, 0.2) is 0 Å². The van der Waals surface area contributed by atoms with Gasteiger partial charge in [-0.25, -0.2) is 4.39 Å². The van der Waals surface area contributed by atoms with Crippen molar-refractivity contribution in [1.29, 1.82) is 0 Å². The third-order valence-electron chi connectivity index (χ3n) is 3.81. The number of hydrogen-bond donors (Lipinski definition) is 1. The minimum Gasteiger partial charge on any atom is -0.497 e. The largest absolute Gasteiger partial charge is 0.497 e. The van der Waals surface area contributed by atoms with Crippen molar-refractivity contribution in [3.63, 3.8) is 0 Å². The van der Waals surface area contributed by atoms with Gasteiger partial charge in [-0.2, -0.15) is 0 Å². The van der Waals surface area contributed by atoms with Gasteiger partial charge < -0.3 is 14.6 Å². The van der Waals surface area contributed by atoms with Crippen molar-refractivity contribution in [2.24, 2.45) is 5.92 Å². The van der Waals surface area contributed by atoms with Gasteiger partial charge >= 0.3 is 0 Å². The highest BCUT2D eigenvalue weighted by molar-refractivity contribution is 5.33. The van der Waals surface area contributed by atoms with Gasteiger partial charge in [-0.1, -0.05) is 13.8 Å². The van der Waals surface area contributed by atoms with E-state index in [0.717, 1.165) is 0 Å². The Bertz CT molecular complexity index is 447. The molecule has 2 atom stereocenters. The number of rotatable bonds is 3.